The van der Waals surface area contributed by atoms with Crippen molar-refractivity contribution in [1.82, 2.24) is 0 Å². The van der Waals surface area contributed by atoms with Crippen molar-refractivity contribution in [2.45, 2.75) is 13.2 Å². The molecule has 0 bridgehead atoms. The molecule has 0 aliphatic carbocycles. The second-order valence-electron chi connectivity index (χ2n) is 4.16. The zero-order valence-corrected chi connectivity index (χ0v) is 13.0. The predicted octanol–water partition coefficient (Wildman–Crippen LogP) is 5.02. The van der Waals surface area contributed by atoms with Crippen LogP contribution in [0.2, 0.25) is 5.02 Å². The van der Waals surface area contributed by atoms with Gasteiger partial charge in [-0.2, -0.15) is 8.78 Å². The van der Waals surface area contributed by atoms with Gasteiger partial charge < -0.3 is 15.2 Å². The molecule has 2 N–H and O–H groups in total. The zero-order valence-electron chi connectivity index (χ0n) is 10.6. The Balaban J connectivity index is 2.19. The first-order chi connectivity index (χ1) is 9.95. The second-order valence-corrected chi connectivity index (χ2v) is 5.45. The van der Waals surface area contributed by atoms with E-state index in [-0.39, 0.29) is 11.5 Å². The second kappa shape index (κ2) is 6.95. The number of hydrogen-bond donors (Lipinski definition) is 2. The maximum Gasteiger partial charge on any atom is 0.387 e. The molecule has 0 unspecified atom stereocenters. The average molecular weight is 379 g/mol. The van der Waals surface area contributed by atoms with Gasteiger partial charge in [0.25, 0.3) is 0 Å². The van der Waals surface area contributed by atoms with Crippen LogP contribution in [-0.2, 0) is 6.54 Å². The molecule has 21 heavy (non-hydrogen) atoms. The largest absolute Gasteiger partial charge is 0.508 e. The van der Waals surface area contributed by atoms with Crippen LogP contribution >= 0.6 is 27.5 Å². The van der Waals surface area contributed by atoms with Crippen LogP contribution in [0.4, 0.5) is 14.5 Å². The van der Waals surface area contributed by atoms with Gasteiger partial charge in [-0.1, -0.05) is 23.7 Å². The van der Waals surface area contributed by atoms with Crippen LogP contribution in [0.5, 0.6) is 11.5 Å². The fourth-order valence-corrected chi connectivity index (χ4v) is 2.62. The van der Waals surface area contributed by atoms with Crippen molar-refractivity contribution in [1.29, 1.82) is 0 Å². The van der Waals surface area contributed by atoms with E-state index in [2.05, 4.69) is 26.0 Å². The van der Waals surface area contributed by atoms with E-state index in [0.29, 0.717) is 21.7 Å². The molecule has 0 heterocycles. The number of phenols is 1. The number of nitrogens with one attached hydrogen (secondary N) is 1. The number of anilines is 1. The van der Waals surface area contributed by atoms with Gasteiger partial charge >= 0.3 is 6.61 Å². The Hall–Kier alpha value is -1.53. The lowest BCUT2D eigenvalue weighted by atomic mass is 10.2. The van der Waals surface area contributed by atoms with E-state index in [1.165, 1.54) is 12.1 Å². The number of phenolic OH excluding ortho intramolecular Hbond substituents is 1. The lowest BCUT2D eigenvalue weighted by Gasteiger charge is -2.15. The summed E-state index contributed by atoms with van der Waals surface area (Å²) in [5.41, 5.74) is 1.22. The van der Waals surface area contributed by atoms with Gasteiger partial charge in [-0.25, -0.2) is 0 Å². The monoisotopic (exact) mass is 377 g/mol. The van der Waals surface area contributed by atoms with E-state index in [1.807, 2.05) is 0 Å². The molecule has 0 radical (unpaired) electrons. The third kappa shape index (κ3) is 4.47. The molecule has 0 spiro atoms. The molecule has 3 nitrogen and oxygen atoms in total. The summed E-state index contributed by atoms with van der Waals surface area (Å²) in [6, 6.07) is 9.50. The molecule has 112 valence electrons. The minimum absolute atomic E-state index is 0.00632. The lowest BCUT2D eigenvalue weighted by molar-refractivity contribution is -0.0498. The lowest BCUT2D eigenvalue weighted by Crippen LogP contribution is -2.07. The Morgan fingerprint density at radius 3 is 2.52 bits per heavy atom. The summed E-state index contributed by atoms with van der Waals surface area (Å²) >= 11 is 9.06. The quantitative estimate of drug-likeness (QED) is 0.767. The summed E-state index contributed by atoms with van der Waals surface area (Å²) in [6.45, 7) is -2.57. The Morgan fingerprint density at radius 2 is 1.90 bits per heavy atom. The minimum atomic E-state index is -2.93. The molecule has 0 saturated carbocycles. The van der Waals surface area contributed by atoms with E-state index in [4.69, 9.17) is 11.6 Å². The van der Waals surface area contributed by atoms with Crippen LogP contribution in [-0.4, -0.2) is 11.7 Å². The van der Waals surface area contributed by atoms with Gasteiger partial charge in [-0.15, -0.1) is 0 Å². The van der Waals surface area contributed by atoms with Gasteiger partial charge in [-0.05, 0) is 45.8 Å². The summed E-state index contributed by atoms with van der Waals surface area (Å²) in [6.07, 6.45) is 0. The van der Waals surface area contributed by atoms with Crippen LogP contribution in [0.25, 0.3) is 0 Å². The van der Waals surface area contributed by atoms with E-state index in [9.17, 15) is 13.9 Å². The molecule has 0 aliphatic heterocycles. The summed E-state index contributed by atoms with van der Waals surface area (Å²) < 4.78 is 29.7. The Bertz CT molecular complexity index is 623. The maximum absolute atomic E-state index is 12.5. The molecular formula is C14H11BrClF2NO2. The first-order valence-electron chi connectivity index (χ1n) is 5.91. The highest BCUT2D eigenvalue weighted by Crippen LogP contribution is 2.37. The standard InChI is InChI=1S/C14H11BrClF2NO2/c15-11-5-9(16)6-12(13(11)21-14(17)18)19-7-8-1-3-10(20)4-2-8/h1-6,14,19-20H,7H2. The van der Waals surface area contributed by atoms with Crippen molar-refractivity contribution in [3.05, 3.63) is 51.5 Å². The molecule has 2 aromatic rings. The van der Waals surface area contributed by atoms with Crippen LogP contribution in [0.1, 0.15) is 5.56 Å². The van der Waals surface area contributed by atoms with Crippen molar-refractivity contribution >= 4 is 33.2 Å². The molecule has 0 aliphatic rings. The molecular weight excluding hydrogens is 368 g/mol. The number of halogens is 4. The van der Waals surface area contributed by atoms with Crippen molar-refractivity contribution in [3.63, 3.8) is 0 Å². The SMILES string of the molecule is Oc1ccc(CNc2cc(Cl)cc(Br)c2OC(F)F)cc1. The third-order valence-electron chi connectivity index (χ3n) is 2.63. The maximum atomic E-state index is 12.5. The highest BCUT2D eigenvalue weighted by atomic mass is 79.9. The Labute approximate surface area is 133 Å². The Morgan fingerprint density at radius 1 is 1.24 bits per heavy atom. The first kappa shape index (κ1) is 15.9. The fourth-order valence-electron chi connectivity index (χ4n) is 1.71. The first-order valence-corrected chi connectivity index (χ1v) is 7.08. The normalized spacial score (nSPS) is 10.7. The van der Waals surface area contributed by atoms with Gasteiger partial charge in [0.2, 0.25) is 0 Å². The van der Waals surface area contributed by atoms with E-state index >= 15 is 0 Å². The minimum Gasteiger partial charge on any atom is -0.508 e. The number of ether oxygens (including phenoxy) is 1. The molecule has 0 aromatic heterocycles. The third-order valence-corrected chi connectivity index (χ3v) is 3.44. The van der Waals surface area contributed by atoms with Crippen molar-refractivity contribution in [3.8, 4) is 11.5 Å². The van der Waals surface area contributed by atoms with Crippen LogP contribution in [0, 0.1) is 0 Å². The smallest absolute Gasteiger partial charge is 0.387 e. The van der Waals surface area contributed by atoms with Gasteiger partial charge in [0.15, 0.2) is 5.75 Å². The number of benzene rings is 2. The number of alkyl halides is 2. The number of aromatic hydroxyl groups is 1. The van der Waals surface area contributed by atoms with Gasteiger partial charge in [0, 0.05) is 11.6 Å². The predicted molar refractivity (Wildman–Crippen MR) is 81.2 cm³/mol. The fraction of sp³-hybridized carbons (Fsp3) is 0.143. The highest BCUT2D eigenvalue weighted by molar-refractivity contribution is 9.10. The van der Waals surface area contributed by atoms with Crippen LogP contribution in [0.15, 0.2) is 40.9 Å². The number of rotatable bonds is 5. The summed E-state index contributed by atoms with van der Waals surface area (Å²) in [7, 11) is 0. The van der Waals surface area contributed by atoms with Gasteiger partial charge in [0.05, 0.1) is 10.2 Å². The topological polar surface area (TPSA) is 41.5 Å². The highest BCUT2D eigenvalue weighted by Gasteiger charge is 2.14. The van der Waals surface area contributed by atoms with E-state index in [0.717, 1.165) is 5.56 Å². The number of hydrogen-bond acceptors (Lipinski definition) is 3. The zero-order chi connectivity index (χ0) is 15.4. The molecule has 0 atom stereocenters. The van der Waals surface area contributed by atoms with E-state index < -0.39 is 6.61 Å². The van der Waals surface area contributed by atoms with Crippen LogP contribution in [0.3, 0.4) is 0 Å². The summed E-state index contributed by atoms with van der Waals surface area (Å²) in [5.74, 6) is 0.152. The van der Waals surface area contributed by atoms with Crippen molar-refractivity contribution in [2.75, 3.05) is 5.32 Å². The van der Waals surface area contributed by atoms with Crippen molar-refractivity contribution < 1.29 is 18.6 Å². The van der Waals surface area contributed by atoms with Crippen molar-refractivity contribution in [2.24, 2.45) is 0 Å². The Kier molecular flexibility index (Phi) is 5.25. The molecule has 0 amide bonds. The molecule has 0 fully saturated rings. The molecule has 2 rings (SSSR count). The molecule has 7 heteroatoms. The molecule has 2 aromatic carbocycles. The summed E-state index contributed by atoms with van der Waals surface area (Å²) in [5, 5.41) is 12.6. The van der Waals surface area contributed by atoms with Crippen LogP contribution < -0.4 is 10.1 Å². The van der Waals surface area contributed by atoms with Gasteiger partial charge in [-0.3, -0.25) is 0 Å². The summed E-state index contributed by atoms with van der Waals surface area (Å²) in [4.78, 5) is 0. The van der Waals surface area contributed by atoms with Gasteiger partial charge in [0.1, 0.15) is 5.75 Å². The molecule has 0 saturated heterocycles. The van der Waals surface area contributed by atoms with E-state index in [1.54, 1.807) is 24.3 Å². The average Bonchev–Trinajstić information content (AvgIpc) is 2.41.